The number of hydrogen-bond donors (Lipinski definition) is 2. The van der Waals surface area contributed by atoms with Gasteiger partial charge in [-0.1, -0.05) is 11.3 Å². The van der Waals surface area contributed by atoms with Crippen LogP contribution in [-0.4, -0.2) is 36.8 Å². The Morgan fingerprint density at radius 3 is 2.43 bits per heavy atom. The molecule has 0 aliphatic carbocycles. The molecule has 0 atom stereocenters. The molecule has 15 heteroatoms. The Balaban J connectivity index is 1.33. The summed E-state index contributed by atoms with van der Waals surface area (Å²) in [5.74, 6) is -4.08. The maximum Gasteiger partial charge on any atom is 0.338 e. The van der Waals surface area contributed by atoms with Gasteiger partial charge in [-0.15, -0.1) is 0 Å². The van der Waals surface area contributed by atoms with Gasteiger partial charge in [0.25, 0.3) is 21.6 Å². The van der Waals surface area contributed by atoms with E-state index >= 15 is 0 Å². The van der Waals surface area contributed by atoms with Crippen LogP contribution in [-0.2, 0) is 19.6 Å². The first-order valence-corrected chi connectivity index (χ1v) is 12.4. The SMILES string of the molecule is O=C(COC(=O)c1ccc(NS(=O)(=O)c2ccc(F)c(F)c2)cc1)Nc1nc2ccc([N+](=O)[O-])cc2s1. The highest BCUT2D eigenvalue weighted by atomic mass is 32.2. The Kier molecular flexibility index (Phi) is 7.08. The fraction of sp³-hybridized carbons (Fsp3) is 0.0455. The fourth-order valence-corrected chi connectivity index (χ4v) is 4.97. The summed E-state index contributed by atoms with van der Waals surface area (Å²) in [7, 11) is -4.22. The van der Waals surface area contributed by atoms with Crippen LogP contribution in [0.15, 0.2) is 65.6 Å². The first-order valence-electron chi connectivity index (χ1n) is 10.1. The number of nitrogens with zero attached hydrogens (tertiary/aromatic N) is 2. The van der Waals surface area contributed by atoms with Crippen molar-refractivity contribution in [1.29, 1.82) is 0 Å². The summed E-state index contributed by atoms with van der Waals surface area (Å²) in [4.78, 5) is 38.3. The number of nitrogens with one attached hydrogen (secondary N) is 2. The highest BCUT2D eigenvalue weighted by molar-refractivity contribution is 7.92. The summed E-state index contributed by atoms with van der Waals surface area (Å²) in [6, 6.07) is 11.1. The molecule has 0 aliphatic rings. The van der Waals surface area contributed by atoms with Crippen LogP contribution in [0.25, 0.3) is 10.2 Å². The maximum absolute atomic E-state index is 13.4. The van der Waals surface area contributed by atoms with Crippen LogP contribution >= 0.6 is 11.3 Å². The van der Waals surface area contributed by atoms with Gasteiger partial charge in [-0.25, -0.2) is 27.0 Å². The Morgan fingerprint density at radius 1 is 1.03 bits per heavy atom. The van der Waals surface area contributed by atoms with Crippen LogP contribution in [0.2, 0.25) is 0 Å². The van der Waals surface area contributed by atoms with E-state index in [1.807, 2.05) is 0 Å². The van der Waals surface area contributed by atoms with Crippen LogP contribution in [0.3, 0.4) is 0 Å². The van der Waals surface area contributed by atoms with Gasteiger partial charge in [0.05, 0.1) is 25.6 Å². The second-order valence-electron chi connectivity index (χ2n) is 7.31. The van der Waals surface area contributed by atoms with Crippen molar-refractivity contribution < 1.29 is 36.4 Å². The molecule has 0 aliphatic heterocycles. The van der Waals surface area contributed by atoms with Crippen molar-refractivity contribution >= 4 is 60.0 Å². The standard InChI is InChI=1S/C22H14F2N4O7S2/c23-16-7-6-15(10-17(16)24)37(33,34)27-13-3-1-12(2-4-13)21(30)35-11-20(29)26-22-25-18-8-5-14(28(31)32)9-19(18)36-22/h1-10,27H,11H2,(H,25,26,29). The highest BCUT2D eigenvalue weighted by Crippen LogP contribution is 2.29. The molecule has 0 spiro atoms. The lowest BCUT2D eigenvalue weighted by Gasteiger charge is -2.09. The summed E-state index contributed by atoms with van der Waals surface area (Å²) >= 11 is 1.01. The number of benzene rings is 3. The molecule has 1 amide bonds. The van der Waals surface area contributed by atoms with E-state index in [0.29, 0.717) is 22.3 Å². The highest BCUT2D eigenvalue weighted by Gasteiger charge is 2.18. The molecule has 0 unspecified atom stereocenters. The number of sulfonamides is 1. The van der Waals surface area contributed by atoms with Gasteiger partial charge in [-0.05, 0) is 48.5 Å². The molecule has 1 aromatic heterocycles. The van der Waals surface area contributed by atoms with E-state index in [4.69, 9.17) is 4.74 Å². The Labute approximate surface area is 210 Å². The number of esters is 1. The number of hydrogen-bond acceptors (Lipinski definition) is 9. The van der Waals surface area contributed by atoms with Crippen molar-refractivity contribution in [2.24, 2.45) is 0 Å². The molecular weight excluding hydrogens is 534 g/mol. The third-order valence-corrected chi connectivity index (χ3v) is 7.05. The third-order valence-electron chi connectivity index (χ3n) is 4.74. The van der Waals surface area contributed by atoms with Crippen molar-refractivity contribution in [3.63, 3.8) is 0 Å². The number of halogens is 2. The zero-order valence-electron chi connectivity index (χ0n) is 18.3. The van der Waals surface area contributed by atoms with Crippen LogP contribution in [0.1, 0.15) is 10.4 Å². The average molecular weight is 549 g/mol. The summed E-state index contributed by atoms with van der Waals surface area (Å²) in [6.45, 7) is -0.653. The number of non-ortho nitro benzene ring substituents is 1. The van der Waals surface area contributed by atoms with Crippen LogP contribution < -0.4 is 10.0 Å². The zero-order valence-corrected chi connectivity index (χ0v) is 19.9. The zero-order chi connectivity index (χ0) is 26.7. The number of aromatic nitrogens is 1. The fourth-order valence-electron chi connectivity index (χ4n) is 2.98. The van der Waals surface area contributed by atoms with Crippen molar-refractivity contribution in [1.82, 2.24) is 4.98 Å². The molecule has 4 aromatic rings. The summed E-state index contributed by atoms with van der Waals surface area (Å²) in [5.41, 5.74) is 0.375. The number of nitro groups is 1. The second-order valence-corrected chi connectivity index (χ2v) is 10.0. The van der Waals surface area contributed by atoms with Crippen molar-refractivity contribution in [2.75, 3.05) is 16.6 Å². The van der Waals surface area contributed by atoms with E-state index in [-0.39, 0.29) is 22.1 Å². The summed E-state index contributed by atoms with van der Waals surface area (Å²) in [5, 5.41) is 13.5. The molecule has 4 rings (SSSR count). The molecular formula is C22H14F2N4O7S2. The van der Waals surface area contributed by atoms with Gasteiger partial charge in [-0.2, -0.15) is 0 Å². The number of fused-ring (bicyclic) bond motifs is 1. The van der Waals surface area contributed by atoms with Gasteiger partial charge in [0.2, 0.25) is 0 Å². The van der Waals surface area contributed by atoms with Gasteiger partial charge < -0.3 is 4.74 Å². The number of anilines is 2. The minimum absolute atomic E-state index is 0.0101. The largest absolute Gasteiger partial charge is 0.452 e. The molecule has 11 nitrogen and oxygen atoms in total. The van der Waals surface area contributed by atoms with Crippen LogP contribution in [0.5, 0.6) is 0 Å². The quantitative estimate of drug-likeness (QED) is 0.189. The molecule has 0 fully saturated rings. The van der Waals surface area contributed by atoms with Gasteiger partial charge in [-0.3, -0.25) is 24.9 Å². The molecule has 0 radical (unpaired) electrons. The molecule has 3 aromatic carbocycles. The first kappa shape index (κ1) is 25.6. The number of amides is 1. The maximum atomic E-state index is 13.4. The normalized spacial score (nSPS) is 11.2. The van der Waals surface area contributed by atoms with Crippen LogP contribution in [0.4, 0.5) is 25.3 Å². The number of carbonyl (C=O) groups excluding carboxylic acids is 2. The predicted octanol–water partition coefficient (Wildman–Crippen LogP) is 4.08. The average Bonchev–Trinajstić information content (AvgIpc) is 3.25. The number of rotatable bonds is 8. The Morgan fingerprint density at radius 2 is 1.76 bits per heavy atom. The van der Waals surface area contributed by atoms with Crippen molar-refractivity contribution in [2.45, 2.75) is 4.90 Å². The van der Waals surface area contributed by atoms with Gasteiger partial charge >= 0.3 is 5.97 Å². The van der Waals surface area contributed by atoms with Crippen molar-refractivity contribution in [3.05, 3.63) is 88.0 Å². The third kappa shape index (κ3) is 6.02. The number of ether oxygens (including phenoxy) is 1. The second kappa shape index (κ2) is 10.2. The smallest absolute Gasteiger partial charge is 0.338 e. The number of carbonyl (C=O) groups is 2. The lowest BCUT2D eigenvalue weighted by molar-refractivity contribution is -0.384. The van der Waals surface area contributed by atoms with E-state index in [9.17, 15) is 36.9 Å². The summed E-state index contributed by atoms with van der Waals surface area (Å²) < 4.78 is 58.7. The van der Waals surface area contributed by atoms with Gasteiger partial charge in [0, 0.05) is 17.8 Å². The lowest BCUT2D eigenvalue weighted by atomic mass is 10.2. The van der Waals surface area contributed by atoms with E-state index < -0.39 is 50.0 Å². The molecule has 0 saturated heterocycles. The van der Waals surface area contributed by atoms with Gasteiger partial charge in [0.15, 0.2) is 23.4 Å². The molecule has 0 bridgehead atoms. The molecule has 190 valence electrons. The monoisotopic (exact) mass is 548 g/mol. The molecule has 37 heavy (non-hydrogen) atoms. The first-order chi connectivity index (χ1) is 17.5. The molecule has 2 N–H and O–H groups in total. The number of thiazole rings is 1. The van der Waals surface area contributed by atoms with E-state index in [0.717, 1.165) is 17.4 Å². The molecule has 1 heterocycles. The van der Waals surface area contributed by atoms with Crippen molar-refractivity contribution in [3.8, 4) is 0 Å². The summed E-state index contributed by atoms with van der Waals surface area (Å²) in [6.07, 6.45) is 0. The Bertz CT molecular complexity index is 1640. The van der Waals surface area contributed by atoms with E-state index in [1.54, 1.807) is 0 Å². The predicted molar refractivity (Wildman–Crippen MR) is 129 cm³/mol. The Hall–Kier alpha value is -4.50. The minimum atomic E-state index is -4.22. The van der Waals surface area contributed by atoms with E-state index in [1.165, 1.54) is 42.5 Å². The van der Waals surface area contributed by atoms with Crippen LogP contribution in [0, 0.1) is 21.7 Å². The topological polar surface area (TPSA) is 158 Å². The lowest BCUT2D eigenvalue weighted by Crippen LogP contribution is -2.20. The molecule has 0 saturated carbocycles. The minimum Gasteiger partial charge on any atom is -0.452 e. The number of nitro benzene ring substituents is 1. The van der Waals surface area contributed by atoms with Gasteiger partial charge in [0.1, 0.15) is 0 Å². The van der Waals surface area contributed by atoms with E-state index in [2.05, 4.69) is 15.0 Å².